The number of hydrogen-bond acceptors (Lipinski definition) is 2. The van der Waals surface area contributed by atoms with Crippen molar-refractivity contribution in [1.29, 1.82) is 0 Å². The molecule has 1 saturated heterocycles. The number of carbonyl (C=O) groups excluding carboxylic acids is 1. The Hall–Kier alpha value is -0.280. The molecule has 102 valence electrons. The van der Waals surface area contributed by atoms with Crippen molar-refractivity contribution < 1.29 is 4.79 Å². The van der Waals surface area contributed by atoms with Gasteiger partial charge in [0.05, 0.1) is 0 Å². The Morgan fingerprint density at radius 3 is 2.59 bits per heavy atom. The van der Waals surface area contributed by atoms with E-state index >= 15 is 0 Å². The molecule has 0 aromatic rings. The molecule has 4 heteroatoms. The molecule has 0 aliphatic carbocycles. The molecule has 0 aromatic heterocycles. The number of hydrogen-bond donors (Lipinski definition) is 2. The third kappa shape index (κ3) is 5.73. The van der Waals surface area contributed by atoms with Gasteiger partial charge in [-0.15, -0.1) is 12.4 Å². The maximum atomic E-state index is 12.1. The van der Waals surface area contributed by atoms with Crippen LogP contribution in [-0.4, -0.2) is 25.0 Å². The summed E-state index contributed by atoms with van der Waals surface area (Å²) in [6, 6.07) is 0.327. The van der Waals surface area contributed by atoms with E-state index in [4.69, 9.17) is 0 Å². The molecule has 1 aliphatic rings. The second kappa shape index (κ2) is 7.22. The molecule has 0 spiro atoms. The third-order valence-corrected chi connectivity index (χ3v) is 3.17. The SMILES string of the molecule is CC(C)CC(C)(C)C(=O)N[C@H]1CCCNC1.Cl. The van der Waals surface area contributed by atoms with Crippen LogP contribution in [0, 0.1) is 11.3 Å². The summed E-state index contributed by atoms with van der Waals surface area (Å²) < 4.78 is 0. The second-order valence-electron chi connectivity index (χ2n) is 6.00. The normalized spacial score (nSPS) is 20.9. The van der Waals surface area contributed by atoms with E-state index in [0.29, 0.717) is 12.0 Å². The van der Waals surface area contributed by atoms with Gasteiger partial charge >= 0.3 is 0 Å². The zero-order valence-corrected chi connectivity index (χ0v) is 12.3. The predicted molar refractivity (Wildman–Crippen MR) is 74.5 cm³/mol. The average molecular weight is 263 g/mol. The van der Waals surface area contributed by atoms with E-state index in [-0.39, 0.29) is 23.7 Å². The minimum absolute atomic E-state index is 0. The lowest BCUT2D eigenvalue weighted by Crippen LogP contribution is -2.49. The van der Waals surface area contributed by atoms with Gasteiger partial charge < -0.3 is 10.6 Å². The fraction of sp³-hybridized carbons (Fsp3) is 0.923. The molecule has 0 saturated carbocycles. The minimum Gasteiger partial charge on any atom is -0.352 e. The zero-order valence-electron chi connectivity index (χ0n) is 11.5. The van der Waals surface area contributed by atoms with E-state index in [1.165, 1.54) is 0 Å². The summed E-state index contributed by atoms with van der Waals surface area (Å²) in [5.74, 6) is 0.764. The van der Waals surface area contributed by atoms with Crippen molar-refractivity contribution in [2.24, 2.45) is 11.3 Å². The largest absolute Gasteiger partial charge is 0.352 e. The smallest absolute Gasteiger partial charge is 0.225 e. The molecule has 1 rings (SSSR count). The van der Waals surface area contributed by atoms with E-state index in [9.17, 15) is 4.79 Å². The summed E-state index contributed by atoms with van der Waals surface area (Å²) in [5.41, 5.74) is -0.244. The second-order valence-corrected chi connectivity index (χ2v) is 6.00. The maximum Gasteiger partial charge on any atom is 0.225 e. The number of nitrogens with one attached hydrogen (secondary N) is 2. The van der Waals surface area contributed by atoms with Gasteiger partial charge in [0.1, 0.15) is 0 Å². The zero-order chi connectivity index (χ0) is 12.2. The van der Waals surface area contributed by atoms with Crippen LogP contribution in [-0.2, 0) is 4.79 Å². The first-order valence-corrected chi connectivity index (χ1v) is 6.43. The standard InChI is InChI=1S/C13H26N2O.ClH/c1-10(2)8-13(3,4)12(16)15-11-6-5-7-14-9-11;/h10-11,14H,5-9H2,1-4H3,(H,15,16);1H/t11-;/m0./s1. The molecule has 0 unspecified atom stereocenters. The minimum atomic E-state index is -0.244. The Kier molecular flexibility index (Phi) is 7.10. The van der Waals surface area contributed by atoms with Gasteiger partial charge in [-0.1, -0.05) is 27.7 Å². The van der Waals surface area contributed by atoms with Crippen molar-refractivity contribution in [1.82, 2.24) is 10.6 Å². The highest BCUT2D eigenvalue weighted by Crippen LogP contribution is 2.25. The summed E-state index contributed by atoms with van der Waals surface area (Å²) in [4.78, 5) is 12.1. The Morgan fingerprint density at radius 2 is 2.12 bits per heavy atom. The Balaban J connectivity index is 0.00000256. The maximum absolute atomic E-state index is 12.1. The van der Waals surface area contributed by atoms with Crippen LogP contribution in [0.15, 0.2) is 0 Å². The molecule has 1 heterocycles. The van der Waals surface area contributed by atoms with Crippen LogP contribution in [0.25, 0.3) is 0 Å². The molecule has 0 aromatic carbocycles. The van der Waals surface area contributed by atoms with Gasteiger partial charge in [-0.05, 0) is 31.7 Å². The molecular formula is C13H27ClN2O. The molecule has 0 bridgehead atoms. The van der Waals surface area contributed by atoms with Gasteiger partial charge in [-0.3, -0.25) is 4.79 Å². The molecule has 1 amide bonds. The van der Waals surface area contributed by atoms with E-state index in [1.54, 1.807) is 0 Å². The predicted octanol–water partition coefficient (Wildman–Crippen LogP) is 2.35. The Morgan fingerprint density at radius 1 is 1.47 bits per heavy atom. The lowest BCUT2D eigenvalue weighted by molar-refractivity contribution is -0.131. The van der Waals surface area contributed by atoms with Crippen molar-refractivity contribution in [3.05, 3.63) is 0 Å². The van der Waals surface area contributed by atoms with Gasteiger partial charge in [0.2, 0.25) is 5.91 Å². The highest BCUT2D eigenvalue weighted by Gasteiger charge is 2.30. The number of halogens is 1. The molecule has 1 aliphatic heterocycles. The molecule has 2 N–H and O–H groups in total. The van der Waals surface area contributed by atoms with Crippen LogP contribution >= 0.6 is 12.4 Å². The Labute approximate surface area is 112 Å². The molecule has 3 nitrogen and oxygen atoms in total. The highest BCUT2D eigenvalue weighted by atomic mass is 35.5. The van der Waals surface area contributed by atoms with Crippen molar-refractivity contribution in [2.45, 2.75) is 53.0 Å². The van der Waals surface area contributed by atoms with Crippen LogP contribution in [0.4, 0.5) is 0 Å². The van der Waals surface area contributed by atoms with Crippen LogP contribution in [0.2, 0.25) is 0 Å². The number of rotatable bonds is 4. The molecule has 1 atom stereocenters. The first kappa shape index (κ1) is 16.7. The monoisotopic (exact) mass is 262 g/mol. The highest BCUT2D eigenvalue weighted by molar-refractivity contribution is 5.85. The summed E-state index contributed by atoms with van der Waals surface area (Å²) in [7, 11) is 0. The number of amides is 1. The Bertz CT molecular complexity index is 236. The molecule has 17 heavy (non-hydrogen) atoms. The lowest BCUT2D eigenvalue weighted by atomic mass is 9.83. The van der Waals surface area contributed by atoms with Crippen LogP contribution in [0.1, 0.15) is 47.0 Å². The lowest BCUT2D eigenvalue weighted by Gasteiger charge is -2.30. The summed E-state index contributed by atoms with van der Waals surface area (Å²) in [6.07, 6.45) is 3.21. The quantitative estimate of drug-likeness (QED) is 0.817. The molecule has 1 fully saturated rings. The van der Waals surface area contributed by atoms with Gasteiger partial charge in [0, 0.05) is 18.0 Å². The van der Waals surface area contributed by atoms with Crippen molar-refractivity contribution in [2.75, 3.05) is 13.1 Å². The van der Waals surface area contributed by atoms with Crippen LogP contribution in [0.3, 0.4) is 0 Å². The molecular weight excluding hydrogens is 236 g/mol. The van der Waals surface area contributed by atoms with E-state index in [0.717, 1.165) is 32.4 Å². The summed E-state index contributed by atoms with van der Waals surface area (Å²) in [5, 5.41) is 6.48. The fourth-order valence-corrected chi connectivity index (χ4v) is 2.47. The van der Waals surface area contributed by atoms with Crippen molar-refractivity contribution in [3.8, 4) is 0 Å². The van der Waals surface area contributed by atoms with Crippen molar-refractivity contribution >= 4 is 18.3 Å². The van der Waals surface area contributed by atoms with Gasteiger partial charge in [0.15, 0.2) is 0 Å². The first-order chi connectivity index (χ1) is 7.42. The average Bonchev–Trinajstić information content (AvgIpc) is 2.17. The third-order valence-electron chi connectivity index (χ3n) is 3.17. The van der Waals surface area contributed by atoms with E-state index < -0.39 is 0 Å². The molecule has 0 radical (unpaired) electrons. The first-order valence-electron chi connectivity index (χ1n) is 6.43. The van der Waals surface area contributed by atoms with Crippen molar-refractivity contribution in [3.63, 3.8) is 0 Å². The van der Waals surface area contributed by atoms with E-state index in [1.807, 2.05) is 13.8 Å². The fourth-order valence-electron chi connectivity index (χ4n) is 2.47. The van der Waals surface area contributed by atoms with Gasteiger partial charge in [-0.2, -0.15) is 0 Å². The van der Waals surface area contributed by atoms with Crippen LogP contribution < -0.4 is 10.6 Å². The summed E-state index contributed by atoms with van der Waals surface area (Å²) in [6.45, 7) is 10.4. The topological polar surface area (TPSA) is 41.1 Å². The number of piperidine rings is 1. The number of carbonyl (C=O) groups is 1. The summed E-state index contributed by atoms with van der Waals surface area (Å²) >= 11 is 0. The van der Waals surface area contributed by atoms with E-state index in [2.05, 4.69) is 24.5 Å². The van der Waals surface area contributed by atoms with Crippen LogP contribution in [0.5, 0.6) is 0 Å². The van der Waals surface area contributed by atoms with Gasteiger partial charge in [-0.25, -0.2) is 0 Å². The van der Waals surface area contributed by atoms with Gasteiger partial charge in [0.25, 0.3) is 0 Å².